The summed E-state index contributed by atoms with van der Waals surface area (Å²) in [6.45, 7) is 0. The van der Waals surface area contributed by atoms with Gasteiger partial charge < -0.3 is 19.6 Å². The van der Waals surface area contributed by atoms with E-state index in [0.29, 0.717) is 27.7 Å². The SMILES string of the molecule is COC(=O)Nc1nc2ccc(C3(O)c4ccccc4C(=O)N3[C@H](C(=O)OC)C3CCCCC3)cc2[nH]1. The number of H-pyrrole nitrogens is 1. The van der Waals surface area contributed by atoms with Crippen LogP contribution in [0.5, 0.6) is 0 Å². The first kappa shape index (κ1) is 23.8. The molecule has 36 heavy (non-hydrogen) atoms. The first-order valence-corrected chi connectivity index (χ1v) is 12.0. The second kappa shape index (κ2) is 9.27. The molecule has 0 bridgehead atoms. The lowest BCUT2D eigenvalue weighted by molar-refractivity contribution is -0.159. The van der Waals surface area contributed by atoms with Gasteiger partial charge in [-0.1, -0.05) is 43.5 Å². The number of anilines is 1. The lowest BCUT2D eigenvalue weighted by atomic mass is 9.82. The maximum atomic E-state index is 13.8. The number of rotatable bonds is 5. The highest BCUT2D eigenvalue weighted by atomic mass is 16.5. The number of nitrogens with zero attached hydrogens (tertiary/aromatic N) is 2. The van der Waals surface area contributed by atoms with Gasteiger partial charge in [0.25, 0.3) is 5.91 Å². The minimum absolute atomic E-state index is 0.136. The fourth-order valence-electron chi connectivity index (χ4n) is 5.51. The van der Waals surface area contributed by atoms with Crippen LogP contribution in [0.1, 0.15) is 53.6 Å². The molecule has 2 heterocycles. The van der Waals surface area contributed by atoms with Gasteiger partial charge in [0, 0.05) is 16.7 Å². The van der Waals surface area contributed by atoms with E-state index >= 15 is 0 Å². The maximum Gasteiger partial charge on any atom is 0.413 e. The lowest BCUT2D eigenvalue weighted by Crippen LogP contribution is -2.56. The zero-order valence-electron chi connectivity index (χ0n) is 20.1. The molecule has 0 spiro atoms. The van der Waals surface area contributed by atoms with Gasteiger partial charge in [-0.05, 0) is 37.0 Å². The molecule has 1 unspecified atom stereocenters. The van der Waals surface area contributed by atoms with Gasteiger partial charge in [-0.2, -0.15) is 0 Å². The number of carbonyl (C=O) groups excluding carboxylic acids is 3. The third-order valence-electron chi connectivity index (χ3n) is 7.21. The van der Waals surface area contributed by atoms with E-state index in [-0.39, 0.29) is 11.9 Å². The Bertz CT molecular complexity index is 1330. The van der Waals surface area contributed by atoms with E-state index in [9.17, 15) is 19.5 Å². The molecular weight excluding hydrogens is 464 g/mol. The standard InChI is InChI=1S/C26H28N4O6/c1-35-23(32)21(15-8-4-3-5-9-15)30-22(31)17-10-6-7-11-18(17)26(30,34)16-12-13-19-20(14-16)28-24(27-19)29-25(33)36-2/h6-7,10-15,21,34H,3-5,8-9H2,1-2H3,(H2,27,28,29,33)/t21-,26?/m0/s1. The fraction of sp³-hybridized carbons (Fsp3) is 0.385. The molecule has 1 fully saturated rings. The number of aliphatic hydroxyl groups is 1. The van der Waals surface area contributed by atoms with Crippen molar-refractivity contribution in [1.82, 2.24) is 14.9 Å². The molecule has 2 amide bonds. The van der Waals surface area contributed by atoms with Gasteiger partial charge in [0.15, 0.2) is 5.72 Å². The fourth-order valence-corrected chi connectivity index (χ4v) is 5.51. The summed E-state index contributed by atoms with van der Waals surface area (Å²) in [5.41, 5.74) is 0.255. The number of aromatic nitrogens is 2. The Labute approximate surface area is 207 Å². The third kappa shape index (κ3) is 3.78. The van der Waals surface area contributed by atoms with E-state index < -0.39 is 29.7 Å². The van der Waals surface area contributed by atoms with Gasteiger partial charge in [0.05, 0.1) is 25.3 Å². The number of nitrogens with one attached hydrogen (secondary N) is 2. The number of ether oxygens (including phenoxy) is 2. The van der Waals surface area contributed by atoms with Crippen LogP contribution in [-0.2, 0) is 20.0 Å². The molecule has 3 aromatic rings. The Kier molecular flexibility index (Phi) is 6.13. The van der Waals surface area contributed by atoms with Crippen molar-refractivity contribution < 1.29 is 29.0 Å². The average molecular weight is 493 g/mol. The van der Waals surface area contributed by atoms with Crippen molar-refractivity contribution in [2.75, 3.05) is 19.5 Å². The maximum absolute atomic E-state index is 13.8. The van der Waals surface area contributed by atoms with Gasteiger partial charge in [-0.25, -0.2) is 14.6 Å². The number of benzene rings is 2. The van der Waals surface area contributed by atoms with Crippen LogP contribution in [0.2, 0.25) is 0 Å². The first-order valence-electron chi connectivity index (χ1n) is 12.0. The molecule has 5 rings (SSSR count). The van der Waals surface area contributed by atoms with Crippen LogP contribution in [0, 0.1) is 5.92 Å². The zero-order valence-corrected chi connectivity index (χ0v) is 20.1. The molecule has 2 aliphatic rings. The van der Waals surface area contributed by atoms with Crippen molar-refractivity contribution in [2.24, 2.45) is 5.92 Å². The molecule has 10 nitrogen and oxygen atoms in total. The number of carbonyl (C=O) groups is 3. The molecule has 2 aromatic carbocycles. The highest BCUT2D eigenvalue weighted by molar-refractivity contribution is 6.02. The highest BCUT2D eigenvalue weighted by Crippen LogP contribution is 2.46. The van der Waals surface area contributed by atoms with Gasteiger partial charge in [0.1, 0.15) is 6.04 Å². The average Bonchev–Trinajstić information content (AvgIpc) is 3.41. The Morgan fingerprint density at radius 1 is 1.14 bits per heavy atom. The molecule has 3 N–H and O–H groups in total. The van der Waals surface area contributed by atoms with Crippen LogP contribution >= 0.6 is 0 Å². The molecule has 1 aliphatic carbocycles. The predicted octanol–water partition coefficient (Wildman–Crippen LogP) is 3.51. The van der Waals surface area contributed by atoms with Gasteiger partial charge in [-0.15, -0.1) is 0 Å². The Morgan fingerprint density at radius 3 is 2.61 bits per heavy atom. The van der Waals surface area contributed by atoms with Gasteiger partial charge >= 0.3 is 12.1 Å². The minimum Gasteiger partial charge on any atom is -0.467 e. The molecule has 1 aromatic heterocycles. The van der Waals surface area contributed by atoms with Crippen molar-refractivity contribution in [3.63, 3.8) is 0 Å². The molecule has 0 saturated heterocycles. The third-order valence-corrected chi connectivity index (χ3v) is 7.21. The predicted molar refractivity (Wildman–Crippen MR) is 130 cm³/mol. The molecular formula is C26H28N4O6. The lowest BCUT2D eigenvalue weighted by Gasteiger charge is -2.42. The van der Waals surface area contributed by atoms with E-state index in [1.54, 1.807) is 42.5 Å². The first-order chi connectivity index (χ1) is 17.4. The van der Waals surface area contributed by atoms with Gasteiger partial charge in [-0.3, -0.25) is 15.0 Å². The van der Waals surface area contributed by atoms with E-state index in [1.807, 2.05) is 0 Å². The second-order valence-electron chi connectivity index (χ2n) is 9.19. The monoisotopic (exact) mass is 492 g/mol. The van der Waals surface area contributed by atoms with Gasteiger partial charge in [0.2, 0.25) is 5.95 Å². The molecule has 188 valence electrons. The van der Waals surface area contributed by atoms with Crippen LogP contribution in [0.15, 0.2) is 42.5 Å². The number of fused-ring (bicyclic) bond motifs is 2. The van der Waals surface area contributed by atoms with E-state index in [1.165, 1.54) is 19.1 Å². The molecule has 10 heteroatoms. The number of hydrogen-bond acceptors (Lipinski definition) is 7. The summed E-state index contributed by atoms with van der Waals surface area (Å²) in [4.78, 5) is 47.2. The molecule has 0 radical (unpaired) electrons. The number of amides is 2. The quantitative estimate of drug-likeness (QED) is 0.464. The Balaban J connectivity index is 1.65. The molecule has 1 aliphatic heterocycles. The second-order valence-corrected chi connectivity index (χ2v) is 9.19. The van der Waals surface area contributed by atoms with Crippen LogP contribution in [0.4, 0.5) is 10.7 Å². The summed E-state index contributed by atoms with van der Waals surface area (Å²) in [5.74, 6) is -0.932. The minimum atomic E-state index is -1.92. The Morgan fingerprint density at radius 2 is 1.89 bits per heavy atom. The normalized spacial score (nSPS) is 20.8. The van der Waals surface area contributed by atoms with Crippen molar-refractivity contribution >= 4 is 35.0 Å². The van der Waals surface area contributed by atoms with Crippen molar-refractivity contribution in [1.29, 1.82) is 0 Å². The number of esters is 1. The summed E-state index contributed by atoms with van der Waals surface area (Å²) in [5, 5.41) is 14.9. The van der Waals surface area contributed by atoms with Crippen molar-refractivity contribution in [3.8, 4) is 0 Å². The molecule has 1 saturated carbocycles. The summed E-state index contributed by atoms with van der Waals surface area (Å²) in [7, 11) is 2.55. The Hall–Kier alpha value is -3.92. The number of hydrogen-bond donors (Lipinski definition) is 3. The number of imidazole rings is 1. The van der Waals surface area contributed by atoms with E-state index in [2.05, 4.69) is 20.0 Å². The summed E-state index contributed by atoms with van der Waals surface area (Å²) < 4.78 is 9.78. The van der Waals surface area contributed by atoms with Crippen LogP contribution in [0.25, 0.3) is 11.0 Å². The molecule has 2 atom stereocenters. The highest BCUT2D eigenvalue weighted by Gasteiger charge is 2.56. The summed E-state index contributed by atoms with van der Waals surface area (Å²) >= 11 is 0. The number of aromatic amines is 1. The van der Waals surface area contributed by atoms with E-state index in [0.717, 1.165) is 32.1 Å². The zero-order chi connectivity index (χ0) is 25.4. The van der Waals surface area contributed by atoms with Crippen LogP contribution in [-0.4, -0.2) is 58.2 Å². The summed E-state index contributed by atoms with van der Waals surface area (Å²) in [6, 6.07) is 10.9. The largest absolute Gasteiger partial charge is 0.467 e. The van der Waals surface area contributed by atoms with Crippen molar-refractivity contribution in [3.05, 3.63) is 59.2 Å². The van der Waals surface area contributed by atoms with Crippen LogP contribution in [0.3, 0.4) is 0 Å². The smallest absolute Gasteiger partial charge is 0.413 e. The van der Waals surface area contributed by atoms with E-state index in [4.69, 9.17) is 4.74 Å². The summed E-state index contributed by atoms with van der Waals surface area (Å²) in [6.07, 6.45) is 3.81. The topological polar surface area (TPSA) is 134 Å². The van der Waals surface area contributed by atoms with Crippen molar-refractivity contribution in [2.45, 2.75) is 43.9 Å². The number of methoxy groups -OCH3 is 2. The van der Waals surface area contributed by atoms with Crippen LogP contribution < -0.4 is 5.32 Å².